The number of thiophene rings is 1. The van der Waals surface area contributed by atoms with Crippen LogP contribution in [-0.4, -0.2) is 14.3 Å². The number of amides is 1. The number of carbonyl (C=O) groups excluding carboxylic acids is 1. The van der Waals surface area contributed by atoms with Gasteiger partial charge in [0.1, 0.15) is 0 Å². The molecule has 11 heteroatoms. The molecule has 0 saturated carbocycles. The third-order valence-corrected chi connectivity index (χ3v) is 6.41. The smallest absolute Gasteiger partial charge is 0.348 e. The average Bonchev–Trinajstić information content (AvgIpc) is 3.19. The van der Waals surface area contributed by atoms with Crippen LogP contribution in [-0.2, 0) is 22.7 Å². The Bertz CT molecular complexity index is 1160. The maximum atomic E-state index is 12.8. The van der Waals surface area contributed by atoms with Crippen LogP contribution in [0.5, 0.6) is 0 Å². The zero-order valence-electron chi connectivity index (χ0n) is 15.0. The summed E-state index contributed by atoms with van der Waals surface area (Å²) in [7, 11) is -4.26. The second-order valence-corrected chi connectivity index (χ2v) is 9.01. The minimum absolute atomic E-state index is 0.0378. The summed E-state index contributed by atoms with van der Waals surface area (Å²) in [4.78, 5) is 12.1. The van der Waals surface area contributed by atoms with Crippen LogP contribution >= 0.6 is 22.9 Å². The van der Waals surface area contributed by atoms with Crippen molar-refractivity contribution in [3.05, 3.63) is 81.0 Å². The van der Waals surface area contributed by atoms with Gasteiger partial charge in [-0.05, 0) is 58.8 Å². The van der Waals surface area contributed by atoms with Crippen molar-refractivity contribution < 1.29 is 26.4 Å². The first kappa shape index (κ1) is 22.1. The molecular formula is C19H14ClF3N2O3S2. The summed E-state index contributed by atoms with van der Waals surface area (Å²) in [5, 5.41) is 6.37. The van der Waals surface area contributed by atoms with Crippen molar-refractivity contribution in [2.45, 2.75) is 17.6 Å². The lowest BCUT2D eigenvalue weighted by Gasteiger charge is -2.12. The molecule has 1 heterocycles. The van der Waals surface area contributed by atoms with Crippen molar-refractivity contribution in [2.24, 2.45) is 0 Å². The van der Waals surface area contributed by atoms with E-state index in [4.69, 9.17) is 11.6 Å². The lowest BCUT2D eigenvalue weighted by atomic mass is 10.2. The predicted octanol–water partition coefficient (Wildman–Crippen LogP) is 5.15. The number of halogens is 4. The van der Waals surface area contributed by atoms with Crippen LogP contribution in [0.1, 0.15) is 21.5 Å². The number of hydrogen-bond acceptors (Lipinski definition) is 4. The molecule has 0 aliphatic carbocycles. The first-order chi connectivity index (χ1) is 14.1. The van der Waals surface area contributed by atoms with Gasteiger partial charge in [-0.2, -0.15) is 24.5 Å². The van der Waals surface area contributed by atoms with Gasteiger partial charge in [-0.1, -0.05) is 17.7 Å². The molecule has 3 aromatic rings. The van der Waals surface area contributed by atoms with Gasteiger partial charge in [0.05, 0.1) is 21.0 Å². The van der Waals surface area contributed by atoms with Gasteiger partial charge in [0, 0.05) is 12.2 Å². The molecule has 0 bridgehead atoms. The van der Waals surface area contributed by atoms with E-state index in [1.54, 1.807) is 0 Å². The molecular weight excluding hydrogens is 461 g/mol. The average molecular weight is 475 g/mol. The Morgan fingerprint density at radius 3 is 2.53 bits per heavy atom. The third kappa shape index (κ3) is 5.32. The molecule has 2 aromatic carbocycles. The highest BCUT2D eigenvalue weighted by molar-refractivity contribution is 7.92. The minimum atomic E-state index is -4.62. The number of benzene rings is 2. The normalized spacial score (nSPS) is 11.9. The van der Waals surface area contributed by atoms with E-state index in [1.165, 1.54) is 23.5 Å². The van der Waals surface area contributed by atoms with Gasteiger partial charge in [-0.15, -0.1) is 0 Å². The second-order valence-electron chi connectivity index (χ2n) is 6.14. The summed E-state index contributed by atoms with van der Waals surface area (Å²) in [6, 6.07) is 9.09. The lowest BCUT2D eigenvalue weighted by molar-refractivity contribution is -0.137. The summed E-state index contributed by atoms with van der Waals surface area (Å²) in [6.45, 7) is 0.234. The van der Waals surface area contributed by atoms with Crippen LogP contribution in [0, 0.1) is 0 Å². The highest BCUT2D eigenvalue weighted by Crippen LogP contribution is 2.31. The molecule has 30 heavy (non-hydrogen) atoms. The Morgan fingerprint density at radius 2 is 1.87 bits per heavy atom. The fourth-order valence-electron chi connectivity index (χ4n) is 2.49. The Kier molecular flexibility index (Phi) is 6.39. The summed E-state index contributed by atoms with van der Waals surface area (Å²) in [5.74, 6) is -0.581. The van der Waals surface area contributed by atoms with E-state index in [2.05, 4.69) is 10.0 Å². The molecule has 0 fully saturated rings. The molecule has 0 aliphatic rings. The van der Waals surface area contributed by atoms with Gasteiger partial charge in [0.2, 0.25) is 0 Å². The number of nitrogens with one attached hydrogen (secondary N) is 2. The van der Waals surface area contributed by atoms with Crippen molar-refractivity contribution >= 4 is 44.6 Å². The van der Waals surface area contributed by atoms with Crippen LogP contribution in [0.15, 0.2) is 64.2 Å². The number of alkyl halides is 3. The largest absolute Gasteiger partial charge is 0.416 e. The van der Waals surface area contributed by atoms with Gasteiger partial charge >= 0.3 is 6.18 Å². The number of carbonyl (C=O) groups is 1. The third-order valence-electron chi connectivity index (χ3n) is 3.97. The summed E-state index contributed by atoms with van der Waals surface area (Å²) in [6.07, 6.45) is -4.62. The van der Waals surface area contributed by atoms with Gasteiger partial charge in [0.15, 0.2) is 0 Å². The Hall–Kier alpha value is -2.56. The number of sulfonamides is 1. The van der Waals surface area contributed by atoms with E-state index < -0.39 is 27.7 Å². The first-order valence-corrected chi connectivity index (χ1v) is 11.2. The number of hydrogen-bond donors (Lipinski definition) is 2. The molecule has 0 aliphatic heterocycles. The molecule has 0 radical (unpaired) electrons. The zero-order valence-corrected chi connectivity index (χ0v) is 17.4. The van der Waals surface area contributed by atoms with E-state index in [0.29, 0.717) is 6.07 Å². The van der Waals surface area contributed by atoms with E-state index >= 15 is 0 Å². The monoisotopic (exact) mass is 474 g/mol. The van der Waals surface area contributed by atoms with Crippen LogP contribution in [0.2, 0.25) is 5.02 Å². The first-order valence-electron chi connectivity index (χ1n) is 8.35. The molecule has 5 nitrogen and oxygen atoms in total. The predicted molar refractivity (Wildman–Crippen MR) is 109 cm³/mol. The van der Waals surface area contributed by atoms with E-state index in [9.17, 15) is 26.4 Å². The van der Waals surface area contributed by atoms with Crippen LogP contribution in [0.3, 0.4) is 0 Å². The van der Waals surface area contributed by atoms with Crippen molar-refractivity contribution in [2.75, 3.05) is 4.72 Å². The molecule has 0 unspecified atom stereocenters. The SMILES string of the molecule is O=C(NCc1ccsc1)c1cc(S(=O)(=O)Nc2cccc(C(F)(F)F)c2)ccc1Cl. The van der Waals surface area contributed by atoms with E-state index in [0.717, 1.165) is 29.8 Å². The molecule has 0 saturated heterocycles. The maximum absolute atomic E-state index is 12.8. The van der Waals surface area contributed by atoms with E-state index in [-0.39, 0.29) is 27.7 Å². The van der Waals surface area contributed by atoms with Gasteiger partial charge in [-0.3, -0.25) is 9.52 Å². The Labute approximate surface area is 179 Å². The summed E-state index contributed by atoms with van der Waals surface area (Å²) in [5.41, 5.74) is -0.450. The van der Waals surface area contributed by atoms with Crippen LogP contribution in [0.25, 0.3) is 0 Å². The van der Waals surface area contributed by atoms with Crippen molar-refractivity contribution in [1.82, 2.24) is 5.32 Å². The zero-order chi connectivity index (χ0) is 21.9. The quantitative estimate of drug-likeness (QED) is 0.518. The summed E-state index contributed by atoms with van der Waals surface area (Å²) >= 11 is 7.50. The van der Waals surface area contributed by atoms with Gasteiger partial charge in [-0.25, -0.2) is 8.42 Å². The molecule has 1 aromatic heterocycles. The molecule has 1 amide bonds. The van der Waals surface area contributed by atoms with Crippen molar-refractivity contribution in [3.8, 4) is 0 Å². The maximum Gasteiger partial charge on any atom is 0.416 e. The standard InChI is InChI=1S/C19H14ClF3N2O3S2/c20-17-5-4-15(9-16(17)18(26)24-10-12-6-7-29-11-12)30(27,28)25-14-3-1-2-13(8-14)19(21,22)23/h1-9,11,25H,10H2,(H,24,26). The fourth-order valence-corrected chi connectivity index (χ4v) is 4.44. The lowest BCUT2D eigenvalue weighted by Crippen LogP contribution is -2.23. The van der Waals surface area contributed by atoms with Gasteiger partial charge < -0.3 is 5.32 Å². The highest BCUT2D eigenvalue weighted by atomic mass is 35.5. The molecule has 158 valence electrons. The highest BCUT2D eigenvalue weighted by Gasteiger charge is 2.30. The van der Waals surface area contributed by atoms with E-state index in [1.807, 2.05) is 16.8 Å². The molecule has 2 N–H and O–H groups in total. The Balaban J connectivity index is 1.82. The van der Waals surface area contributed by atoms with Crippen LogP contribution in [0.4, 0.5) is 18.9 Å². The topological polar surface area (TPSA) is 75.3 Å². The number of rotatable bonds is 6. The summed E-state index contributed by atoms with van der Waals surface area (Å²) < 4.78 is 65.9. The minimum Gasteiger partial charge on any atom is -0.348 e. The van der Waals surface area contributed by atoms with Gasteiger partial charge in [0.25, 0.3) is 15.9 Å². The fraction of sp³-hybridized carbons (Fsp3) is 0.105. The second kappa shape index (κ2) is 8.66. The number of anilines is 1. The molecule has 0 atom stereocenters. The Morgan fingerprint density at radius 1 is 1.10 bits per heavy atom. The van der Waals surface area contributed by atoms with Crippen LogP contribution < -0.4 is 10.0 Å². The molecule has 0 spiro atoms. The molecule has 3 rings (SSSR count). The van der Waals surface area contributed by atoms with Crippen molar-refractivity contribution in [3.63, 3.8) is 0 Å². The van der Waals surface area contributed by atoms with Crippen molar-refractivity contribution in [1.29, 1.82) is 0 Å².